The second-order valence-electron chi connectivity index (χ2n) is 10.1. The van der Waals surface area contributed by atoms with Gasteiger partial charge in [-0.1, -0.05) is 48.3 Å². The van der Waals surface area contributed by atoms with Crippen LogP contribution in [0.5, 0.6) is 0 Å². The maximum atomic E-state index is 11.8. The molecule has 0 spiro atoms. The van der Waals surface area contributed by atoms with E-state index in [-0.39, 0.29) is 11.5 Å². The number of carboxylic acids is 1. The molecule has 6 nitrogen and oxygen atoms in total. The molecule has 2 aliphatic rings. The van der Waals surface area contributed by atoms with Crippen LogP contribution in [0.25, 0.3) is 0 Å². The van der Waals surface area contributed by atoms with E-state index in [2.05, 4.69) is 17.6 Å². The average molecular weight is 561 g/mol. The Balaban J connectivity index is 1.85. The Morgan fingerprint density at radius 1 is 1.34 bits per heavy atom. The van der Waals surface area contributed by atoms with Crippen LogP contribution in [0.1, 0.15) is 56.6 Å². The summed E-state index contributed by atoms with van der Waals surface area (Å²) in [6, 6.07) is 5.87. The summed E-state index contributed by atoms with van der Waals surface area (Å²) in [7, 11) is 0. The van der Waals surface area contributed by atoms with Crippen molar-refractivity contribution in [1.29, 1.82) is 0 Å². The van der Waals surface area contributed by atoms with E-state index >= 15 is 0 Å². The largest absolute Gasteiger partial charge is 0.487 e. The minimum absolute atomic E-state index is 0.179. The fourth-order valence-electron chi connectivity index (χ4n) is 5.09. The van der Waals surface area contributed by atoms with E-state index < -0.39 is 12.1 Å². The molecule has 0 saturated heterocycles. The number of benzene rings is 1. The smallest absolute Gasteiger partial charge is 0.331 e. The van der Waals surface area contributed by atoms with Crippen molar-refractivity contribution < 1.29 is 19.7 Å². The number of aliphatic carboxylic acids is 1. The third kappa shape index (κ3) is 8.67. The van der Waals surface area contributed by atoms with Crippen LogP contribution in [-0.2, 0) is 22.6 Å². The highest BCUT2D eigenvalue weighted by Gasteiger charge is 2.36. The van der Waals surface area contributed by atoms with E-state index in [0.29, 0.717) is 23.3 Å². The maximum Gasteiger partial charge on any atom is 0.331 e. The lowest BCUT2D eigenvalue weighted by atomic mass is 9.70. The van der Waals surface area contributed by atoms with Gasteiger partial charge in [-0.15, -0.1) is 0 Å². The van der Waals surface area contributed by atoms with Gasteiger partial charge in [-0.05, 0) is 99.1 Å². The van der Waals surface area contributed by atoms with E-state index in [1.54, 1.807) is 19.1 Å². The van der Waals surface area contributed by atoms with E-state index in [1.807, 2.05) is 24.3 Å². The monoisotopic (exact) mass is 560 g/mol. The molecule has 0 radical (unpaired) electrons. The van der Waals surface area contributed by atoms with Crippen LogP contribution in [0.4, 0.5) is 0 Å². The molecule has 3 rings (SSSR count). The Bertz CT molecular complexity index is 1050. The lowest BCUT2D eigenvalue weighted by Gasteiger charge is -2.43. The Labute approximate surface area is 236 Å². The van der Waals surface area contributed by atoms with Gasteiger partial charge in [0.15, 0.2) is 0 Å². The summed E-state index contributed by atoms with van der Waals surface area (Å²) in [5, 5.41) is 26.7. The van der Waals surface area contributed by atoms with E-state index in [9.17, 15) is 15.0 Å². The summed E-state index contributed by atoms with van der Waals surface area (Å²) in [6.45, 7) is 7.41. The molecule has 8 heteroatoms. The molecule has 1 aliphatic heterocycles. The molecule has 1 fully saturated rings. The highest BCUT2D eigenvalue weighted by Crippen LogP contribution is 2.39. The third-order valence-electron chi connectivity index (χ3n) is 7.48. The maximum absolute atomic E-state index is 11.8. The number of rotatable bonds is 11. The number of allylic oxidation sites excluding steroid dienone is 3. The molecule has 1 aromatic carbocycles. The number of nitrogens with zero attached hydrogens (tertiary/aromatic N) is 1. The van der Waals surface area contributed by atoms with Crippen molar-refractivity contribution >= 4 is 29.5 Å². The van der Waals surface area contributed by atoms with Gasteiger partial charge >= 0.3 is 5.97 Å². The SMILES string of the molecule is C=C/C1=C(\C=C(/C)C(=O)O)N(C[C@@H]2CC[C@H]2C(O)/C=C/CCCSN)CCCCc2cc(Cl)ccc2CO1. The number of nitrogens with two attached hydrogens (primary N) is 1. The minimum atomic E-state index is -0.967. The fourth-order valence-corrected chi connectivity index (χ4v) is 5.62. The van der Waals surface area contributed by atoms with Crippen LogP contribution in [0, 0.1) is 11.8 Å². The highest BCUT2D eigenvalue weighted by atomic mass is 35.5. The van der Waals surface area contributed by atoms with Crippen molar-refractivity contribution in [3.05, 3.63) is 82.3 Å². The number of unbranched alkanes of at least 4 members (excludes halogenated alkanes) is 1. The van der Waals surface area contributed by atoms with Crippen molar-refractivity contribution in [2.75, 3.05) is 18.8 Å². The summed E-state index contributed by atoms with van der Waals surface area (Å²) >= 11 is 7.61. The summed E-state index contributed by atoms with van der Waals surface area (Å²) in [5.41, 5.74) is 3.21. The van der Waals surface area contributed by atoms with Crippen molar-refractivity contribution in [2.24, 2.45) is 17.0 Å². The van der Waals surface area contributed by atoms with Gasteiger partial charge in [-0.3, -0.25) is 5.14 Å². The number of aliphatic hydroxyl groups is 1. The topological polar surface area (TPSA) is 96.0 Å². The molecule has 4 N–H and O–H groups in total. The Kier molecular flexibility index (Phi) is 12.3. The quantitative estimate of drug-likeness (QED) is 0.127. The molecular formula is C30H41ClN2O4S. The first-order valence-electron chi connectivity index (χ1n) is 13.4. The number of carbonyl (C=O) groups is 1. The van der Waals surface area contributed by atoms with Gasteiger partial charge in [-0.25, -0.2) is 4.79 Å². The van der Waals surface area contributed by atoms with Gasteiger partial charge in [0.2, 0.25) is 0 Å². The number of halogens is 1. The van der Waals surface area contributed by atoms with Crippen LogP contribution in [0.2, 0.25) is 5.02 Å². The number of ether oxygens (including phenoxy) is 1. The van der Waals surface area contributed by atoms with Crippen LogP contribution in [0.3, 0.4) is 0 Å². The molecule has 38 heavy (non-hydrogen) atoms. The van der Waals surface area contributed by atoms with Crippen molar-refractivity contribution in [1.82, 2.24) is 4.90 Å². The molecule has 3 atom stereocenters. The van der Waals surface area contributed by atoms with Gasteiger partial charge in [0.05, 0.1) is 11.8 Å². The molecule has 1 aliphatic carbocycles. The predicted octanol–water partition coefficient (Wildman–Crippen LogP) is 6.25. The molecule has 1 aromatic rings. The van der Waals surface area contributed by atoms with E-state index in [4.69, 9.17) is 21.5 Å². The normalized spacial score (nSPS) is 23.7. The number of fused-ring (bicyclic) bond motifs is 1. The number of carboxylic acid groups (broad SMARTS) is 1. The molecule has 1 unspecified atom stereocenters. The molecule has 1 heterocycles. The van der Waals surface area contributed by atoms with Crippen LogP contribution in [-0.4, -0.2) is 46.0 Å². The zero-order valence-electron chi connectivity index (χ0n) is 22.3. The molecule has 0 bridgehead atoms. The fraction of sp³-hybridized carbons (Fsp3) is 0.500. The summed E-state index contributed by atoms with van der Waals surface area (Å²) in [6.07, 6.45) is 13.6. The van der Waals surface area contributed by atoms with E-state index in [0.717, 1.165) is 75.0 Å². The van der Waals surface area contributed by atoms with Gasteiger partial charge in [0.25, 0.3) is 0 Å². The number of hydrogen-bond donors (Lipinski definition) is 3. The van der Waals surface area contributed by atoms with Gasteiger partial charge in [0.1, 0.15) is 12.4 Å². The lowest BCUT2D eigenvalue weighted by Crippen LogP contribution is -2.43. The Morgan fingerprint density at radius 3 is 2.84 bits per heavy atom. The zero-order chi connectivity index (χ0) is 27.5. The molecule has 0 aromatic heterocycles. The van der Waals surface area contributed by atoms with Gasteiger partial charge in [-0.2, -0.15) is 0 Å². The average Bonchev–Trinajstić information content (AvgIpc) is 2.90. The minimum Gasteiger partial charge on any atom is -0.487 e. The van der Waals surface area contributed by atoms with Gasteiger partial charge in [0, 0.05) is 29.4 Å². The van der Waals surface area contributed by atoms with Crippen molar-refractivity contribution in [3.63, 3.8) is 0 Å². The number of aryl methyl sites for hydroxylation is 1. The highest BCUT2D eigenvalue weighted by molar-refractivity contribution is 7.97. The molecule has 0 amide bonds. The zero-order valence-corrected chi connectivity index (χ0v) is 23.9. The summed E-state index contributed by atoms with van der Waals surface area (Å²) in [5.74, 6) is 0.979. The summed E-state index contributed by atoms with van der Waals surface area (Å²) < 4.78 is 6.27. The standard InChI is InChI=1S/C30H41ClN2O4S/c1-3-29-27(17-21(2)30(35)36)33(15-7-6-9-22-18-25(31)13-11-24(22)20-37-29)19-23-12-14-26(23)28(34)10-5-4-8-16-38-32/h3,5,10-11,13,17-18,23,26,28,34H,1,4,6-9,12,14-16,19-20,32H2,2H3,(H,35,36)/b10-5+,21-17+,29-27-/t23-,26+,28?/m0/s1. The summed E-state index contributed by atoms with van der Waals surface area (Å²) in [4.78, 5) is 14.0. The van der Waals surface area contributed by atoms with Crippen LogP contribution in [0.15, 0.2) is 66.1 Å². The van der Waals surface area contributed by atoms with E-state index in [1.165, 1.54) is 17.5 Å². The van der Waals surface area contributed by atoms with Crippen molar-refractivity contribution in [3.8, 4) is 0 Å². The first kappa shape index (κ1) is 30.4. The predicted molar refractivity (Wildman–Crippen MR) is 157 cm³/mol. The first-order chi connectivity index (χ1) is 18.3. The number of aliphatic hydroxyl groups excluding tert-OH is 1. The molecule has 1 saturated carbocycles. The van der Waals surface area contributed by atoms with Crippen LogP contribution < -0.4 is 5.14 Å². The molecular weight excluding hydrogens is 520 g/mol. The third-order valence-corrected chi connectivity index (χ3v) is 8.24. The second kappa shape index (κ2) is 15.4. The Hall–Kier alpha value is -2.19. The second-order valence-corrected chi connectivity index (χ2v) is 11.3. The molecule has 208 valence electrons. The lowest BCUT2D eigenvalue weighted by molar-refractivity contribution is -0.132. The number of hydrogen-bond acceptors (Lipinski definition) is 6. The van der Waals surface area contributed by atoms with Crippen LogP contribution >= 0.6 is 23.5 Å². The Morgan fingerprint density at radius 2 is 2.16 bits per heavy atom. The van der Waals surface area contributed by atoms with Crippen molar-refractivity contribution in [2.45, 2.75) is 64.6 Å². The van der Waals surface area contributed by atoms with Gasteiger partial charge < -0.3 is 19.8 Å². The first-order valence-corrected chi connectivity index (χ1v) is 14.9.